The van der Waals surface area contributed by atoms with E-state index >= 15 is 0 Å². The van der Waals surface area contributed by atoms with Crippen LogP contribution in [0.3, 0.4) is 0 Å². The van der Waals surface area contributed by atoms with Gasteiger partial charge >= 0.3 is 5.97 Å². The first-order valence-electron chi connectivity index (χ1n) is 30.8. The van der Waals surface area contributed by atoms with E-state index in [0.29, 0.717) is 88.2 Å². The van der Waals surface area contributed by atoms with Crippen molar-refractivity contribution in [2.75, 3.05) is 80.5 Å². The summed E-state index contributed by atoms with van der Waals surface area (Å²) >= 11 is 0. The number of aryl methyl sites for hydroxylation is 2. The lowest BCUT2D eigenvalue weighted by Crippen LogP contribution is -2.39. The molecular weight excluding hydrogens is 1280 g/mol. The summed E-state index contributed by atoms with van der Waals surface area (Å²) in [5, 5.41) is 20.1. The number of benzene rings is 2. The third-order valence-corrected chi connectivity index (χ3v) is 15.8. The number of nitrogens with zero attached hydrogens (tertiary/aromatic N) is 14. The molecule has 0 unspecified atom stereocenters. The molecule has 2 saturated carbocycles. The lowest BCUT2D eigenvalue weighted by Gasteiger charge is -2.23. The number of aromatic nitrogens is 12. The first kappa shape index (κ1) is 74.8. The molecule has 8 heterocycles. The van der Waals surface area contributed by atoms with Crippen LogP contribution in [-0.2, 0) is 54.4 Å². The van der Waals surface area contributed by atoms with E-state index in [1.165, 1.54) is 31.8 Å². The first-order valence-corrected chi connectivity index (χ1v) is 30.8. The van der Waals surface area contributed by atoms with Crippen LogP contribution in [0.5, 0.6) is 0 Å². The third-order valence-electron chi connectivity index (χ3n) is 15.8. The van der Waals surface area contributed by atoms with Gasteiger partial charge in [0.2, 0.25) is 5.91 Å². The van der Waals surface area contributed by atoms with E-state index in [1.807, 2.05) is 119 Å². The predicted octanol–water partition coefficient (Wildman–Crippen LogP) is 8.16. The molecule has 3 amide bonds. The molecule has 95 heavy (non-hydrogen) atoms. The van der Waals surface area contributed by atoms with E-state index < -0.39 is 5.97 Å². The fourth-order valence-electron chi connectivity index (χ4n) is 10.8. The van der Waals surface area contributed by atoms with Crippen molar-refractivity contribution in [1.29, 1.82) is 0 Å². The fourth-order valence-corrected chi connectivity index (χ4v) is 10.8. The van der Waals surface area contributed by atoms with Crippen LogP contribution in [0.1, 0.15) is 57.8 Å². The second kappa shape index (κ2) is 35.9. The van der Waals surface area contributed by atoms with Gasteiger partial charge < -0.3 is 69.1 Å². The van der Waals surface area contributed by atoms with Crippen molar-refractivity contribution in [2.24, 2.45) is 31.7 Å². The first-order chi connectivity index (χ1) is 44.5. The summed E-state index contributed by atoms with van der Waals surface area (Å²) in [6.07, 6.45) is 22.9. The lowest BCUT2D eigenvalue weighted by atomic mass is 10.1. The summed E-state index contributed by atoms with van der Waals surface area (Å²) in [6, 6.07) is 23.9. The summed E-state index contributed by atoms with van der Waals surface area (Å²) in [7, 11) is 11.7. The molecule has 28 heteroatoms. The number of nitrogens with one attached hydrogen (secondary N) is 3. The molecule has 2 aromatic carbocycles. The highest BCUT2D eigenvalue weighted by Crippen LogP contribution is 2.38. The molecule has 7 N–H and O–H groups in total. The zero-order valence-electron chi connectivity index (χ0n) is 54.2. The molecule has 0 saturated heterocycles. The standard InChI is InChI=1S/C33H39N9O2.C27H30N8O.C6H11NO2.CH2O2.3ClH/c1-39(2)15-5-7-30(43)35-14-17-41(16-12-26-20-34-22-37-26)33(44)25-10-11-28-27(18-25)38-32(40(28)3)29-19-24-6-4-13-36-31(24)42(29)21-23-8-9-23;1-33-23-7-6-20(27(36)34(12-9-28)11-8-21-15-29-17-31-21)13-22(23)32-26(33)24-14-19-3-2-10-30-25(19)35(24)16-18-4-5-18;1-7(2)5-3-4-6(8)9;2-1-3;;;/h4-7,10-11,13,18-20,22-23H,8-9,12,14-17,21H2,1-3H3,(H,34,37)(H,35,43);2-3,6-7,10,13-15,17-18H,4-5,8-9,11-12,16,28H2,1H3,(H,29,31);3-4H,5H2,1-2H3,(H,8,9);1H,(H,2,3);3*1H/b7-5+;;4-3+;;;;. The van der Waals surface area contributed by atoms with Crippen LogP contribution in [0.25, 0.3) is 67.2 Å². The Bertz CT molecular complexity index is 4190. The number of hydrogen-bond acceptors (Lipinski definition) is 14. The summed E-state index contributed by atoms with van der Waals surface area (Å²) in [6.45, 7) is 5.65. The molecule has 2 aliphatic rings. The molecule has 10 aromatic rings. The van der Waals surface area contributed by atoms with Crippen LogP contribution in [0, 0.1) is 11.8 Å². The second-order valence-corrected chi connectivity index (χ2v) is 23.5. The summed E-state index contributed by atoms with van der Waals surface area (Å²) in [5.74, 6) is 1.90. The molecular formula is C67H85Cl3N18O7. The molecule has 12 rings (SSSR count). The normalized spacial score (nSPS) is 12.6. The predicted molar refractivity (Wildman–Crippen MR) is 376 cm³/mol. The van der Waals surface area contributed by atoms with E-state index in [4.69, 9.17) is 30.7 Å². The van der Waals surface area contributed by atoms with Gasteiger partial charge in [-0.3, -0.25) is 19.2 Å². The van der Waals surface area contributed by atoms with Crippen molar-refractivity contribution in [3.8, 4) is 23.0 Å². The van der Waals surface area contributed by atoms with E-state index in [2.05, 4.69) is 77.8 Å². The summed E-state index contributed by atoms with van der Waals surface area (Å²) in [4.78, 5) is 98.9. The zero-order valence-corrected chi connectivity index (χ0v) is 56.7. The maximum Gasteiger partial charge on any atom is 0.328 e. The number of pyridine rings is 2. The molecule has 8 aromatic heterocycles. The topological polar surface area (TPSA) is 305 Å². The summed E-state index contributed by atoms with van der Waals surface area (Å²) in [5.41, 5.74) is 16.5. The van der Waals surface area contributed by atoms with Crippen LogP contribution in [0.2, 0.25) is 0 Å². The Hall–Kier alpha value is -9.24. The highest BCUT2D eigenvalue weighted by atomic mass is 35.5. The van der Waals surface area contributed by atoms with Crippen LogP contribution in [0.4, 0.5) is 0 Å². The molecule has 2 aliphatic carbocycles. The number of nitrogens with two attached hydrogens (primary N) is 1. The quantitative estimate of drug-likeness (QED) is 0.0232. The minimum atomic E-state index is -0.892. The second-order valence-electron chi connectivity index (χ2n) is 23.5. The van der Waals surface area contributed by atoms with E-state index in [-0.39, 0.29) is 61.4 Å². The number of amides is 3. The molecule has 0 aliphatic heterocycles. The molecule has 506 valence electrons. The number of fused-ring (bicyclic) bond motifs is 4. The SMILES string of the molecule is CN(C)C/C=C/C(=O)NCCN(CCc1cnc[nH]1)C(=O)c1ccc2c(c1)nc(-c1cc3cccnc3n1CC1CC1)n2C.CN(C)C/C=C/C(=O)O.Cl.Cl.Cl.Cn1c(-c2cc3cccnc3n2CC2CC2)nc2cc(C(=O)N(CCN)CCc3cnc[nH]3)ccc21.O=CO. The molecule has 0 atom stereocenters. The Morgan fingerprint density at radius 1 is 0.642 bits per heavy atom. The van der Waals surface area contributed by atoms with E-state index in [0.717, 1.165) is 97.7 Å². The van der Waals surface area contributed by atoms with Crippen LogP contribution < -0.4 is 11.1 Å². The Morgan fingerprint density at radius 2 is 1.08 bits per heavy atom. The van der Waals surface area contributed by atoms with Crippen molar-refractivity contribution in [1.82, 2.24) is 83.1 Å². The van der Waals surface area contributed by atoms with E-state index in [9.17, 15) is 19.2 Å². The lowest BCUT2D eigenvalue weighted by molar-refractivity contribution is -0.131. The number of hydrogen-bond donors (Lipinski definition) is 6. The average molecular weight is 1360 g/mol. The molecule has 0 radical (unpaired) electrons. The highest BCUT2D eigenvalue weighted by molar-refractivity contribution is 5.99. The Morgan fingerprint density at radius 3 is 1.48 bits per heavy atom. The Kier molecular flexibility index (Phi) is 28.2. The van der Waals surface area contributed by atoms with E-state index in [1.54, 1.807) is 40.9 Å². The minimum absolute atomic E-state index is 0. The van der Waals surface area contributed by atoms with Crippen molar-refractivity contribution in [3.05, 3.63) is 157 Å². The van der Waals surface area contributed by atoms with Gasteiger partial charge in [0.1, 0.15) is 11.3 Å². The number of aliphatic carboxylic acids is 1. The van der Waals surface area contributed by atoms with Gasteiger partial charge in [-0.2, -0.15) is 0 Å². The number of halogens is 3. The van der Waals surface area contributed by atoms with Crippen molar-refractivity contribution < 1.29 is 34.2 Å². The number of H-pyrrole nitrogens is 2. The van der Waals surface area contributed by atoms with Gasteiger partial charge in [0.15, 0.2) is 11.6 Å². The third kappa shape index (κ3) is 20.1. The van der Waals surface area contributed by atoms with Crippen LogP contribution >= 0.6 is 37.2 Å². The van der Waals surface area contributed by atoms with Gasteiger partial charge in [-0.15, -0.1) is 37.2 Å². The minimum Gasteiger partial charge on any atom is -0.483 e. The smallest absolute Gasteiger partial charge is 0.328 e. The number of aromatic amines is 2. The molecule has 0 spiro atoms. The number of imidazole rings is 4. The number of likely N-dealkylation sites (N-methyl/N-ethyl adjacent to an activating group) is 2. The largest absolute Gasteiger partial charge is 0.483 e. The van der Waals surface area contributed by atoms with Crippen molar-refractivity contribution >= 4 is 112 Å². The maximum atomic E-state index is 13.9. The van der Waals surface area contributed by atoms with Gasteiger partial charge in [0, 0.05) is 163 Å². The van der Waals surface area contributed by atoms with Crippen LogP contribution in [-0.4, -0.2) is 199 Å². The molecule has 25 nitrogen and oxygen atoms in total. The van der Waals surface area contributed by atoms with Gasteiger partial charge in [-0.25, -0.2) is 34.7 Å². The fraction of sp³-hybridized carbons (Fsp3) is 0.358. The van der Waals surface area contributed by atoms with Crippen molar-refractivity contribution in [2.45, 2.75) is 51.6 Å². The number of carbonyl (C=O) groups is 5. The molecule has 2 fully saturated rings. The monoisotopic (exact) mass is 1360 g/mol. The Labute approximate surface area is 569 Å². The molecule has 0 bridgehead atoms. The maximum absolute atomic E-state index is 13.9. The van der Waals surface area contributed by atoms with Gasteiger partial charge in [-0.05, 0) is 139 Å². The number of carboxylic acid groups (broad SMARTS) is 2. The number of rotatable bonds is 25. The zero-order chi connectivity index (χ0) is 65.3. The van der Waals surface area contributed by atoms with Crippen LogP contribution in [0.15, 0.2) is 135 Å². The number of carbonyl (C=O) groups excluding carboxylic acids is 3. The summed E-state index contributed by atoms with van der Waals surface area (Å²) < 4.78 is 8.80. The van der Waals surface area contributed by atoms with Gasteiger partial charge in [0.25, 0.3) is 18.3 Å². The number of carboxylic acids is 1. The average Bonchev–Trinajstić information content (AvgIpc) is 1.61. The van der Waals surface area contributed by atoms with Crippen molar-refractivity contribution in [3.63, 3.8) is 0 Å². The van der Waals surface area contributed by atoms with Gasteiger partial charge in [-0.1, -0.05) is 12.2 Å². The highest BCUT2D eigenvalue weighted by Gasteiger charge is 2.28. The van der Waals surface area contributed by atoms with Gasteiger partial charge in [0.05, 0.1) is 46.1 Å². The Balaban J connectivity index is 0.000000253.